The van der Waals surface area contributed by atoms with Crippen LogP contribution in [0.25, 0.3) is 11.3 Å². The van der Waals surface area contributed by atoms with Crippen LogP contribution in [0.4, 0.5) is 0 Å². The monoisotopic (exact) mass is 352 g/mol. The van der Waals surface area contributed by atoms with E-state index in [1.807, 2.05) is 30.3 Å². The molecule has 2 aromatic carbocycles. The quantitative estimate of drug-likeness (QED) is 0.675. The van der Waals surface area contributed by atoms with Crippen molar-refractivity contribution in [1.82, 2.24) is 9.55 Å². The molecule has 0 aliphatic carbocycles. The van der Waals surface area contributed by atoms with E-state index in [-0.39, 0.29) is 0 Å². The molecule has 1 atom stereocenters. The molecule has 1 aromatic heterocycles. The van der Waals surface area contributed by atoms with Gasteiger partial charge in [-0.3, -0.25) is 4.79 Å². The molecule has 3 aromatic rings. The summed E-state index contributed by atoms with van der Waals surface area (Å²) in [5.74, 6) is -1.02. The average molecular weight is 352 g/mol. The lowest BCUT2D eigenvalue weighted by Gasteiger charge is -2.10. The highest BCUT2D eigenvalue weighted by Crippen LogP contribution is 2.25. The van der Waals surface area contributed by atoms with Crippen LogP contribution in [-0.2, 0) is 9.59 Å². The highest BCUT2D eigenvalue weighted by atomic mass is 16.5. The van der Waals surface area contributed by atoms with Crippen molar-refractivity contribution >= 4 is 11.9 Å². The van der Waals surface area contributed by atoms with Gasteiger partial charge in [-0.25, -0.2) is 9.78 Å². The first-order valence-electron chi connectivity index (χ1n) is 7.84. The summed E-state index contributed by atoms with van der Waals surface area (Å²) >= 11 is 0. The van der Waals surface area contributed by atoms with Gasteiger partial charge in [0.1, 0.15) is 17.5 Å². The maximum absolute atomic E-state index is 11.3. The second-order valence-corrected chi connectivity index (χ2v) is 5.60. The number of carbonyl (C=O) groups is 2. The average Bonchev–Trinajstić information content (AvgIpc) is 3.10. The Balaban J connectivity index is 1.76. The number of carboxylic acid groups (broad SMARTS) is 2. The molecule has 132 valence electrons. The molecular weight excluding hydrogens is 336 g/mol. The van der Waals surface area contributed by atoms with E-state index in [0.29, 0.717) is 11.4 Å². The first kappa shape index (κ1) is 17.2. The topological polar surface area (TPSA) is 102 Å². The van der Waals surface area contributed by atoms with Gasteiger partial charge in [-0.2, -0.15) is 0 Å². The molecule has 0 saturated carbocycles. The van der Waals surface area contributed by atoms with Crippen molar-refractivity contribution in [2.45, 2.75) is 12.5 Å². The molecule has 0 radical (unpaired) electrons. The Morgan fingerprint density at radius 1 is 1.00 bits per heavy atom. The van der Waals surface area contributed by atoms with E-state index >= 15 is 0 Å². The molecule has 0 bridgehead atoms. The van der Waals surface area contributed by atoms with Gasteiger partial charge in [0.25, 0.3) is 0 Å². The molecule has 0 amide bonds. The lowest BCUT2D eigenvalue weighted by atomic mass is 10.1. The number of para-hydroxylation sites is 1. The summed E-state index contributed by atoms with van der Waals surface area (Å²) in [5.41, 5.74) is 1.32. The molecule has 7 heteroatoms. The zero-order chi connectivity index (χ0) is 18.5. The molecule has 1 heterocycles. The van der Waals surface area contributed by atoms with E-state index in [1.165, 1.54) is 17.1 Å². The van der Waals surface area contributed by atoms with Crippen LogP contribution >= 0.6 is 0 Å². The number of aliphatic carboxylic acids is 2. The van der Waals surface area contributed by atoms with Crippen LogP contribution in [-0.4, -0.2) is 31.7 Å². The summed E-state index contributed by atoms with van der Waals surface area (Å²) in [6, 6.07) is 15.3. The van der Waals surface area contributed by atoms with Gasteiger partial charge in [-0.05, 0) is 36.4 Å². The predicted octanol–water partition coefficient (Wildman–Crippen LogP) is 3.44. The van der Waals surface area contributed by atoms with Crippen molar-refractivity contribution in [1.29, 1.82) is 0 Å². The van der Waals surface area contributed by atoms with Crippen LogP contribution in [0.5, 0.6) is 11.5 Å². The molecule has 0 aliphatic heterocycles. The Morgan fingerprint density at radius 3 is 2.27 bits per heavy atom. The van der Waals surface area contributed by atoms with Gasteiger partial charge in [0.2, 0.25) is 0 Å². The van der Waals surface area contributed by atoms with E-state index in [4.69, 9.17) is 9.84 Å². The Labute approximate surface area is 149 Å². The van der Waals surface area contributed by atoms with E-state index in [1.54, 1.807) is 24.3 Å². The Bertz CT molecular complexity index is 903. The second kappa shape index (κ2) is 7.52. The fraction of sp³-hybridized carbons (Fsp3) is 0.105. The number of nitrogens with zero attached hydrogens (tertiary/aromatic N) is 2. The van der Waals surface area contributed by atoms with Crippen LogP contribution in [0.2, 0.25) is 0 Å². The first-order valence-corrected chi connectivity index (χ1v) is 7.84. The highest BCUT2D eigenvalue weighted by molar-refractivity contribution is 5.79. The fourth-order valence-electron chi connectivity index (χ4n) is 2.46. The van der Waals surface area contributed by atoms with E-state index in [0.717, 1.165) is 11.3 Å². The van der Waals surface area contributed by atoms with Gasteiger partial charge < -0.3 is 19.5 Å². The van der Waals surface area contributed by atoms with Gasteiger partial charge >= 0.3 is 11.9 Å². The van der Waals surface area contributed by atoms with E-state index < -0.39 is 24.4 Å². The molecule has 0 aliphatic rings. The smallest absolute Gasteiger partial charge is 0.327 e. The summed E-state index contributed by atoms with van der Waals surface area (Å²) in [4.78, 5) is 26.3. The Hall–Kier alpha value is -3.61. The minimum absolute atomic E-state index is 0.519. The maximum atomic E-state index is 11.3. The molecule has 0 spiro atoms. The molecule has 26 heavy (non-hydrogen) atoms. The van der Waals surface area contributed by atoms with Crippen LogP contribution in [0.3, 0.4) is 0 Å². The van der Waals surface area contributed by atoms with Gasteiger partial charge in [0, 0.05) is 11.8 Å². The standard InChI is InChI=1S/C19H16N2O5/c22-18(23)10-17(19(24)25)21-11-16(20-12-21)13-6-8-15(9-7-13)26-14-4-2-1-3-5-14/h1-9,11-12,17H,10H2,(H,22,23)(H,24,25). The van der Waals surface area contributed by atoms with Crippen molar-refractivity contribution in [3.8, 4) is 22.8 Å². The Morgan fingerprint density at radius 2 is 1.65 bits per heavy atom. The first-order chi connectivity index (χ1) is 12.5. The van der Waals surface area contributed by atoms with Crippen molar-refractivity contribution in [3.63, 3.8) is 0 Å². The molecule has 3 rings (SSSR count). The highest BCUT2D eigenvalue weighted by Gasteiger charge is 2.23. The molecule has 0 fully saturated rings. The summed E-state index contributed by atoms with van der Waals surface area (Å²) in [6.45, 7) is 0. The van der Waals surface area contributed by atoms with Crippen LogP contribution in [0.1, 0.15) is 12.5 Å². The number of hydrogen-bond donors (Lipinski definition) is 2. The summed E-state index contributed by atoms with van der Waals surface area (Å²) < 4.78 is 7.01. The minimum atomic E-state index is -1.22. The van der Waals surface area contributed by atoms with E-state index in [9.17, 15) is 14.7 Å². The van der Waals surface area contributed by atoms with Gasteiger partial charge in [0.15, 0.2) is 0 Å². The predicted molar refractivity (Wildman–Crippen MR) is 93.1 cm³/mol. The molecule has 0 saturated heterocycles. The van der Waals surface area contributed by atoms with Crippen LogP contribution in [0, 0.1) is 0 Å². The molecular formula is C19H16N2O5. The molecule has 2 N–H and O–H groups in total. The largest absolute Gasteiger partial charge is 0.481 e. The van der Waals surface area contributed by atoms with Crippen LogP contribution in [0.15, 0.2) is 67.1 Å². The number of carboxylic acids is 2. The van der Waals surface area contributed by atoms with Crippen LogP contribution < -0.4 is 4.74 Å². The second-order valence-electron chi connectivity index (χ2n) is 5.60. The van der Waals surface area contributed by atoms with E-state index in [2.05, 4.69) is 4.98 Å². The van der Waals surface area contributed by atoms with Gasteiger partial charge in [0.05, 0.1) is 18.4 Å². The number of aromatic nitrogens is 2. The fourth-order valence-corrected chi connectivity index (χ4v) is 2.46. The third kappa shape index (κ3) is 4.07. The summed E-state index contributed by atoms with van der Waals surface area (Å²) in [5, 5.41) is 18.1. The molecule has 7 nitrogen and oxygen atoms in total. The lowest BCUT2D eigenvalue weighted by Crippen LogP contribution is -2.21. The SMILES string of the molecule is O=C(O)CC(C(=O)O)n1cnc(-c2ccc(Oc3ccccc3)cc2)c1. The summed E-state index contributed by atoms with van der Waals surface area (Å²) in [7, 11) is 0. The number of imidazole rings is 1. The maximum Gasteiger partial charge on any atom is 0.327 e. The minimum Gasteiger partial charge on any atom is -0.481 e. The zero-order valence-corrected chi connectivity index (χ0v) is 13.6. The number of benzene rings is 2. The van der Waals surface area contributed by atoms with Crippen molar-refractivity contribution in [2.24, 2.45) is 0 Å². The van der Waals surface area contributed by atoms with Crippen molar-refractivity contribution in [2.75, 3.05) is 0 Å². The summed E-state index contributed by atoms with van der Waals surface area (Å²) in [6.07, 6.45) is 2.33. The van der Waals surface area contributed by atoms with Crippen molar-refractivity contribution in [3.05, 3.63) is 67.1 Å². The number of ether oxygens (including phenoxy) is 1. The zero-order valence-electron chi connectivity index (χ0n) is 13.6. The number of hydrogen-bond acceptors (Lipinski definition) is 4. The Kier molecular flexibility index (Phi) is 4.98. The molecule has 1 unspecified atom stereocenters. The lowest BCUT2D eigenvalue weighted by molar-refractivity contribution is -0.147. The van der Waals surface area contributed by atoms with Crippen molar-refractivity contribution < 1.29 is 24.5 Å². The third-order valence-corrected chi connectivity index (χ3v) is 3.74. The normalized spacial score (nSPS) is 11.7. The van der Waals surface area contributed by atoms with Gasteiger partial charge in [-0.15, -0.1) is 0 Å². The number of rotatable bonds is 7. The third-order valence-electron chi connectivity index (χ3n) is 3.74. The van der Waals surface area contributed by atoms with Gasteiger partial charge in [-0.1, -0.05) is 18.2 Å².